The molecule has 4 heterocycles. The average molecular weight is 403 g/mol. The zero-order valence-electron chi connectivity index (χ0n) is 16.9. The fourth-order valence-corrected chi connectivity index (χ4v) is 3.12. The Morgan fingerprint density at radius 1 is 1.17 bits per heavy atom. The van der Waals surface area contributed by atoms with E-state index in [1.54, 1.807) is 41.0 Å². The molecule has 152 valence electrons. The van der Waals surface area contributed by atoms with Crippen LogP contribution in [0.15, 0.2) is 37.1 Å². The first kappa shape index (κ1) is 19.5. The van der Waals surface area contributed by atoms with Crippen LogP contribution in [-0.4, -0.2) is 51.8 Å². The fourth-order valence-electron chi connectivity index (χ4n) is 3.12. The van der Waals surface area contributed by atoms with Gasteiger partial charge in [-0.3, -0.25) is 4.57 Å². The molecule has 0 unspecified atom stereocenters. The third-order valence-electron chi connectivity index (χ3n) is 4.36. The Hall–Kier alpha value is -3.84. The summed E-state index contributed by atoms with van der Waals surface area (Å²) in [6.45, 7) is 6.16. The van der Waals surface area contributed by atoms with Gasteiger partial charge >= 0.3 is 0 Å². The Bertz CT molecular complexity index is 1230. The summed E-state index contributed by atoms with van der Waals surface area (Å²) in [4.78, 5) is 13.3. The molecule has 0 amide bonds. The molecule has 0 spiro atoms. The number of pyridine rings is 2. The van der Waals surface area contributed by atoms with E-state index < -0.39 is 6.10 Å². The number of nitrogens with zero attached hydrogens (tertiary/aromatic N) is 8. The summed E-state index contributed by atoms with van der Waals surface area (Å²) < 4.78 is 3.38. The summed E-state index contributed by atoms with van der Waals surface area (Å²) in [6, 6.07) is 5.86. The molecule has 0 radical (unpaired) electrons. The highest BCUT2D eigenvalue weighted by Crippen LogP contribution is 2.29. The smallest absolute Gasteiger partial charge is 0.165 e. The topological polar surface area (TPSA) is 130 Å². The number of nitriles is 1. The second-order valence-electron chi connectivity index (χ2n) is 7.36. The minimum absolute atomic E-state index is 0.183. The van der Waals surface area contributed by atoms with Gasteiger partial charge in [0.2, 0.25) is 0 Å². The summed E-state index contributed by atoms with van der Waals surface area (Å²) in [5.41, 5.74) is 4.00. The van der Waals surface area contributed by atoms with Crippen LogP contribution >= 0.6 is 0 Å². The van der Waals surface area contributed by atoms with Crippen LogP contribution in [0.4, 0.5) is 5.69 Å². The van der Waals surface area contributed by atoms with Crippen LogP contribution in [0.25, 0.3) is 28.2 Å². The van der Waals surface area contributed by atoms with Crippen LogP contribution in [-0.2, 0) is 6.54 Å². The van der Waals surface area contributed by atoms with Gasteiger partial charge in [-0.1, -0.05) is 5.21 Å². The highest BCUT2D eigenvalue weighted by molar-refractivity contribution is 5.78. The number of nitrogens with one attached hydrogen (secondary N) is 1. The van der Waals surface area contributed by atoms with Crippen LogP contribution in [0.3, 0.4) is 0 Å². The predicted molar refractivity (Wildman–Crippen MR) is 111 cm³/mol. The largest absolute Gasteiger partial charge is 0.391 e. The van der Waals surface area contributed by atoms with Gasteiger partial charge in [0, 0.05) is 35.8 Å². The molecule has 10 nitrogen and oxygen atoms in total. The molecule has 1 atom stereocenters. The van der Waals surface area contributed by atoms with E-state index in [1.165, 1.54) is 6.20 Å². The molecule has 0 saturated carbocycles. The average Bonchev–Trinajstić information content (AvgIpc) is 3.33. The van der Waals surface area contributed by atoms with Gasteiger partial charge in [-0.25, -0.2) is 19.6 Å². The number of hydrogen-bond acceptors (Lipinski definition) is 8. The first-order chi connectivity index (χ1) is 14.4. The molecule has 4 aromatic heterocycles. The molecular weight excluding hydrogens is 382 g/mol. The Morgan fingerprint density at radius 2 is 2.00 bits per heavy atom. The second-order valence-corrected chi connectivity index (χ2v) is 7.36. The van der Waals surface area contributed by atoms with E-state index in [9.17, 15) is 5.11 Å². The maximum absolute atomic E-state index is 9.58. The number of aliphatic hydroxyl groups is 1. The molecule has 0 aliphatic rings. The lowest BCUT2D eigenvalue weighted by molar-refractivity contribution is 0.167. The first-order valence-electron chi connectivity index (χ1n) is 9.53. The Labute approximate surface area is 172 Å². The minimum atomic E-state index is -0.517. The maximum Gasteiger partial charge on any atom is 0.165 e. The van der Waals surface area contributed by atoms with Gasteiger partial charge in [-0.05, 0) is 26.8 Å². The van der Waals surface area contributed by atoms with E-state index in [2.05, 4.69) is 36.7 Å². The van der Waals surface area contributed by atoms with Gasteiger partial charge < -0.3 is 10.4 Å². The third kappa shape index (κ3) is 3.83. The molecule has 0 saturated heterocycles. The molecular formula is C20H21N9O. The lowest BCUT2D eigenvalue weighted by Crippen LogP contribution is -2.12. The number of rotatable bonds is 6. The third-order valence-corrected chi connectivity index (χ3v) is 4.36. The highest BCUT2D eigenvalue weighted by Gasteiger charge is 2.15. The lowest BCUT2D eigenvalue weighted by Gasteiger charge is -2.15. The standard InChI is InChI=1S/C20H21N9O/c1-12(2)25-16-5-19(29-11-24-17-4-14(6-21)7-23-20(17)29)22-8-15(16)18-10-28(27-26-18)9-13(3)30/h4-5,7-8,10-13,30H,9H2,1-3H3,(H,22,25)/t13-/m1/s1. The van der Waals surface area contributed by atoms with Crippen molar-refractivity contribution in [2.75, 3.05) is 5.32 Å². The van der Waals surface area contributed by atoms with Gasteiger partial charge in [0.05, 0.1) is 24.4 Å². The van der Waals surface area contributed by atoms with Crippen molar-refractivity contribution in [2.24, 2.45) is 0 Å². The number of aliphatic hydroxyl groups excluding tert-OH is 1. The van der Waals surface area contributed by atoms with Crippen molar-refractivity contribution in [3.05, 3.63) is 42.6 Å². The summed E-state index contributed by atoms with van der Waals surface area (Å²) in [6.07, 6.45) is 6.15. The summed E-state index contributed by atoms with van der Waals surface area (Å²) in [5, 5.41) is 30.4. The van der Waals surface area contributed by atoms with Crippen molar-refractivity contribution >= 4 is 16.9 Å². The number of imidazole rings is 1. The van der Waals surface area contributed by atoms with Gasteiger partial charge in [0.1, 0.15) is 29.4 Å². The SMILES string of the molecule is CC(C)Nc1cc(-n2cnc3cc(C#N)cnc32)ncc1-c1cn(C[C@@H](C)O)nn1. The maximum atomic E-state index is 9.58. The van der Waals surface area contributed by atoms with Crippen molar-refractivity contribution in [1.82, 2.24) is 34.5 Å². The molecule has 4 aromatic rings. The Morgan fingerprint density at radius 3 is 2.73 bits per heavy atom. The van der Waals surface area contributed by atoms with E-state index in [1.807, 2.05) is 19.9 Å². The molecule has 0 aromatic carbocycles. The van der Waals surface area contributed by atoms with Crippen molar-refractivity contribution in [1.29, 1.82) is 5.26 Å². The highest BCUT2D eigenvalue weighted by atomic mass is 16.3. The molecule has 0 fully saturated rings. The molecule has 0 bridgehead atoms. The van der Waals surface area contributed by atoms with Crippen LogP contribution in [0.2, 0.25) is 0 Å². The van der Waals surface area contributed by atoms with E-state index >= 15 is 0 Å². The number of hydrogen-bond donors (Lipinski definition) is 2. The summed E-state index contributed by atoms with van der Waals surface area (Å²) >= 11 is 0. The molecule has 10 heteroatoms. The van der Waals surface area contributed by atoms with Crippen molar-refractivity contribution < 1.29 is 5.11 Å². The van der Waals surface area contributed by atoms with Crippen molar-refractivity contribution in [3.8, 4) is 23.1 Å². The zero-order chi connectivity index (χ0) is 21.3. The van der Waals surface area contributed by atoms with Gasteiger partial charge in [0.15, 0.2) is 5.65 Å². The van der Waals surface area contributed by atoms with Crippen molar-refractivity contribution in [3.63, 3.8) is 0 Å². The quantitative estimate of drug-likeness (QED) is 0.501. The Kier molecular flexibility index (Phi) is 5.12. The van der Waals surface area contributed by atoms with E-state index in [0.717, 1.165) is 11.3 Å². The molecule has 4 rings (SSSR count). The molecule has 0 aliphatic carbocycles. The fraction of sp³-hybridized carbons (Fsp3) is 0.300. The number of fused-ring (bicyclic) bond motifs is 1. The van der Waals surface area contributed by atoms with Crippen LogP contribution < -0.4 is 5.32 Å². The molecule has 0 aliphatic heterocycles. The Balaban J connectivity index is 1.77. The minimum Gasteiger partial charge on any atom is -0.391 e. The summed E-state index contributed by atoms with van der Waals surface area (Å²) in [7, 11) is 0. The van der Waals surface area contributed by atoms with E-state index in [-0.39, 0.29) is 6.04 Å². The first-order valence-corrected chi connectivity index (χ1v) is 9.53. The van der Waals surface area contributed by atoms with Gasteiger partial charge in [-0.2, -0.15) is 5.26 Å². The van der Waals surface area contributed by atoms with Crippen LogP contribution in [0.5, 0.6) is 0 Å². The molecule has 30 heavy (non-hydrogen) atoms. The van der Waals surface area contributed by atoms with Crippen molar-refractivity contribution in [2.45, 2.75) is 39.5 Å². The predicted octanol–water partition coefficient (Wildman–Crippen LogP) is 2.15. The van der Waals surface area contributed by atoms with Crippen LogP contribution in [0, 0.1) is 11.3 Å². The van der Waals surface area contributed by atoms with Gasteiger partial charge in [0.25, 0.3) is 0 Å². The van der Waals surface area contributed by atoms with Crippen LogP contribution in [0.1, 0.15) is 26.3 Å². The van der Waals surface area contributed by atoms with E-state index in [0.29, 0.717) is 34.8 Å². The zero-order valence-corrected chi connectivity index (χ0v) is 16.9. The normalized spacial score (nSPS) is 12.3. The molecule has 2 N–H and O–H groups in total. The van der Waals surface area contributed by atoms with Gasteiger partial charge in [-0.15, -0.1) is 5.10 Å². The second kappa shape index (κ2) is 7.88. The summed E-state index contributed by atoms with van der Waals surface area (Å²) in [5.74, 6) is 0.637. The van der Waals surface area contributed by atoms with E-state index in [4.69, 9.17) is 5.26 Å². The monoisotopic (exact) mass is 403 g/mol. The number of anilines is 1. The number of aromatic nitrogens is 7. The lowest BCUT2D eigenvalue weighted by atomic mass is 10.1.